The Balaban J connectivity index is 1.83. The summed E-state index contributed by atoms with van der Waals surface area (Å²) in [6.45, 7) is 3.68. The molecule has 0 bridgehead atoms. The van der Waals surface area contributed by atoms with Crippen molar-refractivity contribution in [2.75, 3.05) is 10.6 Å². The zero-order valence-corrected chi connectivity index (χ0v) is 12.7. The topological polar surface area (TPSA) is 99.7 Å². The van der Waals surface area contributed by atoms with Gasteiger partial charge in [-0.15, -0.1) is 0 Å². The predicted octanol–water partition coefficient (Wildman–Crippen LogP) is 3.44. The van der Waals surface area contributed by atoms with Crippen LogP contribution >= 0.6 is 0 Å². The van der Waals surface area contributed by atoms with Crippen molar-refractivity contribution >= 4 is 23.3 Å². The highest BCUT2D eigenvalue weighted by Crippen LogP contribution is 2.19. The lowest BCUT2D eigenvalue weighted by Crippen LogP contribution is -2.02. The second-order valence-electron chi connectivity index (χ2n) is 4.98. The van der Waals surface area contributed by atoms with Crippen molar-refractivity contribution in [3.63, 3.8) is 0 Å². The fourth-order valence-corrected chi connectivity index (χ4v) is 2.04. The van der Waals surface area contributed by atoms with E-state index >= 15 is 0 Å². The van der Waals surface area contributed by atoms with E-state index in [1.54, 1.807) is 18.2 Å². The fraction of sp³-hybridized carbons (Fsp3) is 0.125. The predicted molar refractivity (Wildman–Crippen MR) is 85.7 cm³/mol. The number of nitrogens with zero attached hydrogens (tertiary/aromatic N) is 4. The molecule has 3 aromatic rings. The minimum Gasteiger partial charge on any atom is -0.360 e. The summed E-state index contributed by atoms with van der Waals surface area (Å²) in [4.78, 5) is 8.71. The highest BCUT2D eigenvalue weighted by molar-refractivity contribution is 5.60. The van der Waals surface area contributed by atoms with Gasteiger partial charge in [0.15, 0.2) is 5.82 Å². The zero-order valence-electron chi connectivity index (χ0n) is 12.7. The minimum absolute atomic E-state index is 0.414. The Labute approximate surface area is 133 Å². The Hall–Kier alpha value is -3.40. The van der Waals surface area contributed by atoms with Crippen LogP contribution < -0.4 is 10.6 Å². The monoisotopic (exact) mass is 306 g/mol. The van der Waals surface area contributed by atoms with Gasteiger partial charge in [-0.2, -0.15) is 10.2 Å². The average molecular weight is 306 g/mol. The Morgan fingerprint density at radius 2 is 1.91 bits per heavy atom. The van der Waals surface area contributed by atoms with Gasteiger partial charge in [-0.1, -0.05) is 11.2 Å². The maximum absolute atomic E-state index is 8.95. The molecule has 114 valence electrons. The Morgan fingerprint density at radius 3 is 2.65 bits per heavy atom. The van der Waals surface area contributed by atoms with Crippen molar-refractivity contribution in [1.29, 1.82) is 5.26 Å². The van der Waals surface area contributed by atoms with Crippen molar-refractivity contribution in [3.05, 3.63) is 53.4 Å². The van der Waals surface area contributed by atoms with Crippen molar-refractivity contribution in [2.24, 2.45) is 0 Å². The summed E-state index contributed by atoms with van der Waals surface area (Å²) in [5, 5.41) is 19.0. The highest BCUT2D eigenvalue weighted by atomic mass is 16.5. The number of nitrogens with one attached hydrogen (secondary N) is 2. The van der Waals surface area contributed by atoms with Crippen LogP contribution in [-0.2, 0) is 0 Å². The van der Waals surface area contributed by atoms with Gasteiger partial charge in [-0.05, 0) is 32.0 Å². The van der Waals surface area contributed by atoms with Gasteiger partial charge in [0, 0.05) is 23.5 Å². The molecular formula is C16H14N6O. The molecule has 0 aliphatic rings. The van der Waals surface area contributed by atoms with E-state index in [-0.39, 0.29) is 0 Å². The van der Waals surface area contributed by atoms with Crippen molar-refractivity contribution in [1.82, 2.24) is 15.1 Å². The number of hydrogen-bond acceptors (Lipinski definition) is 7. The molecule has 3 rings (SSSR count). The van der Waals surface area contributed by atoms with Crippen LogP contribution in [0.25, 0.3) is 0 Å². The average Bonchev–Trinajstić information content (AvgIpc) is 2.92. The standard InChI is InChI=1S/C16H14N6O/c1-10-6-14(19-13-5-3-4-12(8-13)9-17)20-16(18-10)21-15-7-11(2)23-22-15/h3-8H,1-2H3,(H2,18,19,20,21,22). The van der Waals surface area contributed by atoms with Gasteiger partial charge < -0.3 is 15.2 Å². The van der Waals surface area contributed by atoms with Crippen molar-refractivity contribution in [3.8, 4) is 6.07 Å². The minimum atomic E-state index is 0.414. The van der Waals surface area contributed by atoms with Crippen LogP contribution in [0, 0.1) is 25.2 Å². The van der Waals surface area contributed by atoms with E-state index in [1.165, 1.54) is 0 Å². The molecule has 0 saturated heterocycles. The number of nitriles is 1. The molecule has 0 radical (unpaired) electrons. The quantitative estimate of drug-likeness (QED) is 0.761. The first kappa shape index (κ1) is 14.5. The Kier molecular flexibility index (Phi) is 3.89. The molecule has 0 saturated carbocycles. The molecule has 0 fully saturated rings. The molecule has 1 aromatic carbocycles. The second-order valence-corrected chi connectivity index (χ2v) is 4.98. The van der Waals surface area contributed by atoms with E-state index in [0.717, 1.165) is 11.4 Å². The molecule has 0 unspecified atom stereocenters. The lowest BCUT2D eigenvalue weighted by Gasteiger charge is -2.09. The molecule has 0 aliphatic carbocycles. The van der Waals surface area contributed by atoms with E-state index < -0.39 is 0 Å². The van der Waals surface area contributed by atoms with Crippen LogP contribution in [-0.4, -0.2) is 15.1 Å². The molecule has 0 aliphatic heterocycles. The largest absolute Gasteiger partial charge is 0.360 e. The number of rotatable bonds is 4. The number of benzene rings is 1. The van der Waals surface area contributed by atoms with Crippen LogP contribution in [0.15, 0.2) is 40.9 Å². The second kappa shape index (κ2) is 6.15. The Morgan fingerprint density at radius 1 is 1.04 bits per heavy atom. The number of hydrogen-bond donors (Lipinski definition) is 2. The molecule has 2 N–H and O–H groups in total. The van der Waals surface area contributed by atoms with Crippen LogP contribution in [0.5, 0.6) is 0 Å². The highest BCUT2D eigenvalue weighted by Gasteiger charge is 2.06. The van der Waals surface area contributed by atoms with Crippen LogP contribution in [0.1, 0.15) is 17.0 Å². The van der Waals surface area contributed by atoms with Crippen LogP contribution in [0.2, 0.25) is 0 Å². The van der Waals surface area contributed by atoms with Gasteiger partial charge in [0.05, 0.1) is 11.6 Å². The van der Waals surface area contributed by atoms with Crippen LogP contribution in [0.4, 0.5) is 23.3 Å². The summed E-state index contributed by atoms with van der Waals surface area (Å²) in [6, 6.07) is 12.9. The molecule has 0 spiro atoms. The van der Waals surface area contributed by atoms with Gasteiger partial charge in [0.1, 0.15) is 11.6 Å². The normalized spacial score (nSPS) is 10.1. The molecule has 0 atom stereocenters. The molecule has 2 heterocycles. The third kappa shape index (κ3) is 3.63. The van der Waals surface area contributed by atoms with E-state index in [0.29, 0.717) is 28.9 Å². The van der Waals surface area contributed by atoms with Gasteiger partial charge >= 0.3 is 0 Å². The number of aryl methyl sites for hydroxylation is 2. The third-order valence-corrected chi connectivity index (χ3v) is 2.99. The SMILES string of the molecule is Cc1cc(Nc2cccc(C#N)c2)nc(Nc2cc(C)on2)n1. The van der Waals surface area contributed by atoms with Gasteiger partial charge in [0.2, 0.25) is 5.95 Å². The maximum Gasteiger partial charge on any atom is 0.230 e. The number of anilines is 4. The molecule has 7 nitrogen and oxygen atoms in total. The summed E-state index contributed by atoms with van der Waals surface area (Å²) in [5.41, 5.74) is 2.16. The first-order valence-corrected chi connectivity index (χ1v) is 6.95. The van der Waals surface area contributed by atoms with Gasteiger partial charge in [-0.25, -0.2) is 4.98 Å². The molecule has 7 heteroatoms. The summed E-state index contributed by atoms with van der Waals surface area (Å²) >= 11 is 0. The van der Waals surface area contributed by atoms with E-state index in [4.69, 9.17) is 9.78 Å². The van der Waals surface area contributed by atoms with E-state index in [2.05, 4.69) is 31.8 Å². The summed E-state index contributed by atoms with van der Waals surface area (Å²) in [5.74, 6) is 2.28. The smallest absolute Gasteiger partial charge is 0.230 e. The van der Waals surface area contributed by atoms with Gasteiger partial charge in [0.25, 0.3) is 0 Å². The first-order valence-electron chi connectivity index (χ1n) is 6.95. The summed E-state index contributed by atoms with van der Waals surface area (Å²) in [6.07, 6.45) is 0. The number of aromatic nitrogens is 3. The molecule has 2 aromatic heterocycles. The van der Waals surface area contributed by atoms with Crippen molar-refractivity contribution < 1.29 is 4.52 Å². The lowest BCUT2D eigenvalue weighted by molar-refractivity contribution is 0.400. The summed E-state index contributed by atoms with van der Waals surface area (Å²) in [7, 11) is 0. The maximum atomic E-state index is 8.95. The molecular weight excluding hydrogens is 292 g/mol. The zero-order chi connectivity index (χ0) is 16.2. The molecule has 23 heavy (non-hydrogen) atoms. The van der Waals surface area contributed by atoms with E-state index in [9.17, 15) is 0 Å². The lowest BCUT2D eigenvalue weighted by atomic mass is 10.2. The molecule has 0 amide bonds. The first-order chi connectivity index (χ1) is 11.1. The summed E-state index contributed by atoms with van der Waals surface area (Å²) < 4.78 is 5.00. The van der Waals surface area contributed by atoms with Crippen LogP contribution in [0.3, 0.4) is 0 Å². The van der Waals surface area contributed by atoms with Gasteiger partial charge in [-0.3, -0.25) is 0 Å². The fourth-order valence-electron chi connectivity index (χ4n) is 2.04. The third-order valence-electron chi connectivity index (χ3n) is 2.99. The van der Waals surface area contributed by atoms with Crippen molar-refractivity contribution in [2.45, 2.75) is 13.8 Å². The Bertz CT molecular complexity index is 880. The van der Waals surface area contributed by atoms with E-state index in [1.807, 2.05) is 32.0 Å².